The molecule has 0 aromatic heterocycles. The molecule has 0 spiro atoms. The maximum atomic E-state index is 13.4. The highest BCUT2D eigenvalue weighted by Crippen LogP contribution is 2.31. The zero-order chi connectivity index (χ0) is 21.8. The topological polar surface area (TPSA) is 40.6 Å². The lowest BCUT2D eigenvalue weighted by Crippen LogP contribution is -2.42. The zero-order valence-electron chi connectivity index (χ0n) is 17.2. The van der Waals surface area contributed by atoms with E-state index in [0.29, 0.717) is 12.1 Å². The van der Waals surface area contributed by atoms with Gasteiger partial charge in [-0.2, -0.15) is 0 Å². The molecular formula is C25H22F2N2O2. The summed E-state index contributed by atoms with van der Waals surface area (Å²) >= 11 is 0. The average molecular weight is 420 g/mol. The number of carbonyl (C=O) groups is 2. The number of benzene rings is 3. The van der Waals surface area contributed by atoms with Crippen molar-refractivity contribution < 1.29 is 18.4 Å². The van der Waals surface area contributed by atoms with Crippen LogP contribution >= 0.6 is 0 Å². The number of hydrogen-bond acceptors (Lipinski definition) is 2. The van der Waals surface area contributed by atoms with Crippen LogP contribution in [0, 0.1) is 0 Å². The van der Waals surface area contributed by atoms with Crippen LogP contribution in [-0.4, -0.2) is 47.7 Å². The van der Waals surface area contributed by atoms with Gasteiger partial charge in [0.15, 0.2) is 0 Å². The maximum Gasteiger partial charge on any atom is 0.254 e. The minimum atomic E-state index is -2.68. The standard InChI is InChI=1S/C25H22F2N2O2/c1-28-15-21-13-18(6-7-22(21)24(28)31)17-4-2-16-3-5-19(14-20(16)12-17)23(30)29-10-8-25(26,27)9-11-29/h2-7,12-14H,8-11,15H2,1H3. The molecule has 1 fully saturated rings. The van der Waals surface area contributed by atoms with Gasteiger partial charge in [0.1, 0.15) is 0 Å². The first kappa shape index (κ1) is 19.7. The molecule has 1 saturated heterocycles. The summed E-state index contributed by atoms with van der Waals surface area (Å²) in [6.07, 6.45) is -0.570. The lowest BCUT2D eigenvalue weighted by atomic mass is 9.97. The van der Waals surface area contributed by atoms with Crippen molar-refractivity contribution in [2.45, 2.75) is 25.3 Å². The van der Waals surface area contributed by atoms with Crippen LogP contribution in [-0.2, 0) is 6.54 Å². The number of amides is 2. The van der Waals surface area contributed by atoms with Gasteiger partial charge in [0.25, 0.3) is 17.7 Å². The van der Waals surface area contributed by atoms with E-state index in [1.54, 1.807) is 18.0 Å². The van der Waals surface area contributed by atoms with Crippen molar-refractivity contribution in [2.24, 2.45) is 0 Å². The van der Waals surface area contributed by atoms with E-state index in [0.717, 1.165) is 33.0 Å². The van der Waals surface area contributed by atoms with Gasteiger partial charge in [0.05, 0.1) is 0 Å². The minimum Gasteiger partial charge on any atom is -0.338 e. The van der Waals surface area contributed by atoms with Crippen molar-refractivity contribution in [1.29, 1.82) is 0 Å². The van der Waals surface area contributed by atoms with Gasteiger partial charge >= 0.3 is 0 Å². The number of fused-ring (bicyclic) bond motifs is 2. The van der Waals surface area contributed by atoms with E-state index in [4.69, 9.17) is 0 Å². The Balaban J connectivity index is 1.44. The number of halogens is 2. The fourth-order valence-electron chi connectivity index (χ4n) is 4.42. The van der Waals surface area contributed by atoms with Crippen LogP contribution in [0.2, 0.25) is 0 Å². The largest absolute Gasteiger partial charge is 0.338 e. The summed E-state index contributed by atoms with van der Waals surface area (Å²) in [7, 11) is 1.79. The highest BCUT2D eigenvalue weighted by atomic mass is 19.3. The molecule has 0 atom stereocenters. The summed E-state index contributed by atoms with van der Waals surface area (Å²) in [4.78, 5) is 28.2. The van der Waals surface area contributed by atoms with E-state index in [9.17, 15) is 18.4 Å². The van der Waals surface area contributed by atoms with Crippen LogP contribution in [0.1, 0.15) is 39.1 Å². The second-order valence-electron chi connectivity index (χ2n) is 8.46. The van der Waals surface area contributed by atoms with E-state index in [1.165, 1.54) is 4.90 Å². The third-order valence-corrected chi connectivity index (χ3v) is 6.29. The van der Waals surface area contributed by atoms with Crippen molar-refractivity contribution in [3.8, 4) is 11.1 Å². The molecule has 2 amide bonds. The quantitative estimate of drug-likeness (QED) is 0.588. The van der Waals surface area contributed by atoms with Crippen molar-refractivity contribution in [1.82, 2.24) is 9.80 Å². The third kappa shape index (κ3) is 3.56. The Morgan fingerprint density at radius 3 is 2.35 bits per heavy atom. The predicted octanol–water partition coefficient (Wildman–Crippen LogP) is 4.96. The fourth-order valence-corrected chi connectivity index (χ4v) is 4.42. The van der Waals surface area contributed by atoms with Gasteiger partial charge in [-0.15, -0.1) is 0 Å². The molecular weight excluding hydrogens is 398 g/mol. The highest BCUT2D eigenvalue weighted by Gasteiger charge is 2.35. The van der Waals surface area contributed by atoms with Crippen LogP contribution in [0.15, 0.2) is 54.6 Å². The maximum absolute atomic E-state index is 13.4. The molecule has 0 unspecified atom stereocenters. The molecule has 158 valence electrons. The second-order valence-corrected chi connectivity index (χ2v) is 8.46. The van der Waals surface area contributed by atoms with Gasteiger partial charge in [0.2, 0.25) is 0 Å². The molecule has 0 saturated carbocycles. The Kier molecular flexibility index (Phi) is 4.54. The molecule has 0 aliphatic carbocycles. The van der Waals surface area contributed by atoms with Gasteiger partial charge in [-0.3, -0.25) is 9.59 Å². The number of carbonyl (C=O) groups excluding carboxylic acids is 2. The Labute approximate surface area is 179 Å². The second kappa shape index (κ2) is 7.15. The number of rotatable bonds is 2. The summed E-state index contributed by atoms with van der Waals surface area (Å²) in [5.74, 6) is -2.84. The van der Waals surface area contributed by atoms with Gasteiger partial charge < -0.3 is 9.80 Å². The van der Waals surface area contributed by atoms with E-state index >= 15 is 0 Å². The summed E-state index contributed by atoms with van der Waals surface area (Å²) < 4.78 is 26.8. The van der Waals surface area contributed by atoms with Gasteiger partial charge in [0, 0.05) is 50.7 Å². The molecule has 4 nitrogen and oxygen atoms in total. The molecule has 0 radical (unpaired) electrons. The zero-order valence-corrected chi connectivity index (χ0v) is 17.2. The highest BCUT2D eigenvalue weighted by molar-refractivity contribution is 6.00. The normalized spacial score (nSPS) is 17.8. The number of hydrogen-bond donors (Lipinski definition) is 0. The molecule has 0 bridgehead atoms. The molecule has 6 heteroatoms. The van der Waals surface area contributed by atoms with E-state index < -0.39 is 5.92 Å². The van der Waals surface area contributed by atoms with Crippen LogP contribution < -0.4 is 0 Å². The van der Waals surface area contributed by atoms with Crippen molar-refractivity contribution in [3.05, 3.63) is 71.3 Å². The predicted molar refractivity (Wildman–Crippen MR) is 115 cm³/mol. The number of nitrogens with zero attached hydrogens (tertiary/aromatic N) is 2. The Morgan fingerprint density at radius 2 is 1.58 bits per heavy atom. The van der Waals surface area contributed by atoms with E-state index in [1.807, 2.05) is 48.5 Å². The molecule has 0 N–H and O–H groups in total. The first-order valence-corrected chi connectivity index (χ1v) is 10.4. The first-order valence-electron chi connectivity index (χ1n) is 10.4. The summed E-state index contributed by atoms with van der Waals surface area (Å²) in [6.45, 7) is 0.752. The smallest absolute Gasteiger partial charge is 0.254 e. The van der Waals surface area contributed by atoms with Gasteiger partial charge in [-0.1, -0.05) is 24.3 Å². The molecule has 31 heavy (non-hydrogen) atoms. The fraction of sp³-hybridized carbons (Fsp3) is 0.280. The molecule has 2 heterocycles. The Hall–Kier alpha value is -3.28. The lowest BCUT2D eigenvalue weighted by Gasteiger charge is -2.31. The number of likely N-dealkylation sites (tertiary alicyclic amines) is 1. The lowest BCUT2D eigenvalue weighted by molar-refractivity contribution is -0.0494. The van der Waals surface area contributed by atoms with Gasteiger partial charge in [-0.05, 0) is 57.8 Å². The van der Waals surface area contributed by atoms with Crippen molar-refractivity contribution >= 4 is 22.6 Å². The Morgan fingerprint density at radius 1 is 0.903 bits per heavy atom. The van der Waals surface area contributed by atoms with Crippen molar-refractivity contribution in [2.75, 3.05) is 20.1 Å². The first-order chi connectivity index (χ1) is 14.8. The SMILES string of the molecule is CN1Cc2cc(-c3ccc4ccc(C(=O)N5CCC(F)(F)CC5)cc4c3)ccc2C1=O. The molecule has 2 aliphatic rings. The average Bonchev–Trinajstić information content (AvgIpc) is 3.05. The summed E-state index contributed by atoms with van der Waals surface area (Å²) in [6, 6.07) is 17.4. The number of piperidine rings is 1. The molecule has 3 aromatic rings. The van der Waals surface area contributed by atoms with Crippen molar-refractivity contribution in [3.63, 3.8) is 0 Å². The number of alkyl halides is 2. The Bertz CT molecular complexity index is 1210. The minimum absolute atomic E-state index is 0.0405. The van der Waals surface area contributed by atoms with Crippen LogP contribution in [0.25, 0.3) is 21.9 Å². The molecule has 2 aliphatic heterocycles. The third-order valence-electron chi connectivity index (χ3n) is 6.29. The molecule has 3 aromatic carbocycles. The van der Waals surface area contributed by atoms with E-state index in [-0.39, 0.29) is 37.7 Å². The van der Waals surface area contributed by atoms with Crippen LogP contribution in [0.4, 0.5) is 8.78 Å². The summed E-state index contributed by atoms with van der Waals surface area (Å²) in [5, 5.41) is 1.92. The van der Waals surface area contributed by atoms with Crippen LogP contribution in [0.5, 0.6) is 0 Å². The summed E-state index contributed by atoms with van der Waals surface area (Å²) in [5.41, 5.74) is 4.28. The molecule has 5 rings (SSSR count). The van der Waals surface area contributed by atoms with E-state index in [2.05, 4.69) is 0 Å². The van der Waals surface area contributed by atoms with Gasteiger partial charge in [-0.25, -0.2) is 8.78 Å². The monoisotopic (exact) mass is 420 g/mol. The van der Waals surface area contributed by atoms with Crippen LogP contribution in [0.3, 0.4) is 0 Å².